The first-order valence-electron chi connectivity index (χ1n) is 5.67. The molecule has 15 heavy (non-hydrogen) atoms. The number of carbonyl (C=O) groups excluding carboxylic acids is 1. The van der Waals surface area contributed by atoms with Crippen LogP contribution in [0.25, 0.3) is 0 Å². The third-order valence-electron chi connectivity index (χ3n) is 3.00. The molecule has 0 aromatic rings. The second kappa shape index (κ2) is 6.08. The van der Waals surface area contributed by atoms with Gasteiger partial charge in [-0.05, 0) is 25.3 Å². The number of carbonyl (C=O) groups is 1. The highest BCUT2D eigenvalue weighted by molar-refractivity contribution is 5.75. The van der Waals surface area contributed by atoms with E-state index in [1.807, 2.05) is 0 Å². The molecule has 1 heterocycles. The van der Waals surface area contributed by atoms with E-state index in [0.717, 1.165) is 32.5 Å². The summed E-state index contributed by atoms with van der Waals surface area (Å²) in [6.45, 7) is 3.11. The number of rotatable bonds is 4. The first kappa shape index (κ1) is 12.5. The summed E-state index contributed by atoms with van der Waals surface area (Å²) in [5, 5.41) is 9.07. The predicted octanol–water partition coefficient (Wildman–Crippen LogP) is 0.169. The number of nitrogens with zero attached hydrogens (tertiary/aromatic N) is 2. The van der Waals surface area contributed by atoms with Crippen LogP contribution in [-0.2, 0) is 4.79 Å². The van der Waals surface area contributed by atoms with Crippen molar-refractivity contribution in [2.45, 2.75) is 19.3 Å². The van der Waals surface area contributed by atoms with Gasteiger partial charge in [-0.25, -0.2) is 0 Å². The molecule has 4 heteroatoms. The maximum absolute atomic E-state index is 11.4. The Morgan fingerprint density at radius 3 is 2.87 bits per heavy atom. The molecule has 0 spiro atoms. The average Bonchev–Trinajstić information content (AvgIpc) is 2.26. The topological polar surface area (TPSA) is 43.8 Å². The van der Waals surface area contributed by atoms with Crippen molar-refractivity contribution >= 4 is 5.91 Å². The molecule has 1 aliphatic rings. The Balaban J connectivity index is 2.23. The second-order valence-electron chi connectivity index (χ2n) is 4.53. The molecule has 0 aromatic carbocycles. The highest BCUT2D eigenvalue weighted by atomic mass is 16.3. The lowest BCUT2D eigenvalue weighted by molar-refractivity contribution is -0.129. The van der Waals surface area contributed by atoms with Gasteiger partial charge < -0.3 is 14.9 Å². The predicted molar refractivity (Wildman–Crippen MR) is 59.6 cm³/mol. The van der Waals surface area contributed by atoms with Crippen molar-refractivity contribution in [3.8, 4) is 0 Å². The molecule has 0 saturated carbocycles. The fourth-order valence-electron chi connectivity index (χ4n) is 1.98. The molecule has 0 aromatic heterocycles. The zero-order chi connectivity index (χ0) is 11.3. The normalized spacial score (nSPS) is 22.7. The Labute approximate surface area is 91.9 Å². The number of hydrogen-bond donors (Lipinski definition) is 1. The summed E-state index contributed by atoms with van der Waals surface area (Å²) in [6, 6.07) is 0. The maximum Gasteiger partial charge on any atom is 0.223 e. The van der Waals surface area contributed by atoms with Crippen molar-refractivity contribution in [1.29, 1.82) is 0 Å². The lowest BCUT2D eigenvalue weighted by Gasteiger charge is -2.31. The van der Waals surface area contributed by atoms with Crippen LogP contribution in [0.15, 0.2) is 0 Å². The standard InChI is InChI=1S/C11H22N2O2/c1-12(2)11(15)5-7-13-6-3-4-10(8-13)9-14/h10,14H,3-9H2,1-2H3. The molecule has 1 rings (SSSR count). The van der Waals surface area contributed by atoms with Gasteiger partial charge in [-0.3, -0.25) is 4.79 Å². The first-order valence-corrected chi connectivity index (χ1v) is 5.67. The van der Waals surface area contributed by atoms with Crippen molar-refractivity contribution in [2.24, 2.45) is 5.92 Å². The van der Waals surface area contributed by atoms with E-state index in [9.17, 15) is 4.79 Å². The van der Waals surface area contributed by atoms with Crippen LogP contribution in [0.5, 0.6) is 0 Å². The Morgan fingerprint density at radius 1 is 1.53 bits per heavy atom. The summed E-state index contributed by atoms with van der Waals surface area (Å²) in [5.74, 6) is 0.592. The van der Waals surface area contributed by atoms with E-state index in [4.69, 9.17) is 5.11 Å². The summed E-state index contributed by atoms with van der Waals surface area (Å²) >= 11 is 0. The molecule has 0 aliphatic carbocycles. The third kappa shape index (κ3) is 4.18. The maximum atomic E-state index is 11.4. The van der Waals surface area contributed by atoms with Crippen LogP contribution >= 0.6 is 0 Å². The molecule has 1 saturated heterocycles. The van der Waals surface area contributed by atoms with Crippen LogP contribution in [0.2, 0.25) is 0 Å². The quantitative estimate of drug-likeness (QED) is 0.725. The molecule has 1 atom stereocenters. The first-order chi connectivity index (χ1) is 7.13. The Kier molecular flexibility index (Phi) is 5.05. The summed E-state index contributed by atoms with van der Waals surface area (Å²) in [4.78, 5) is 15.3. The lowest BCUT2D eigenvalue weighted by Crippen LogP contribution is -2.39. The zero-order valence-electron chi connectivity index (χ0n) is 9.78. The van der Waals surface area contributed by atoms with Gasteiger partial charge in [-0.2, -0.15) is 0 Å². The molecule has 4 nitrogen and oxygen atoms in total. The monoisotopic (exact) mass is 214 g/mol. The molecule has 1 N–H and O–H groups in total. The number of hydrogen-bond acceptors (Lipinski definition) is 3. The lowest BCUT2D eigenvalue weighted by atomic mass is 9.99. The highest BCUT2D eigenvalue weighted by Crippen LogP contribution is 2.15. The van der Waals surface area contributed by atoms with Gasteiger partial charge in [0.1, 0.15) is 0 Å². The van der Waals surface area contributed by atoms with Crippen molar-refractivity contribution in [3.05, 3.63) is 0 Å². The fourth-order valence-corrected chi connectivity index (χ4v) is 1.98. The fraction of sp³-hybridized carbons (Fsp3) is 0.909. The van der Waals surface area contributed by atoms with E-state index < -0.39 is 0 Å². The molecular formula is C11H22N2O2. The second-order valence-corrected chi connectivity index (χ2v) is 4.53. The highest BCUT2D eigenvalue weighted by Gasteiger charge is 2.19. The minimum absolute atomic E-state index is 0.182. The number of aliphatic hydroxyl groups is 1. The van der Waals surface area contributed by atoms with E-state index >= 15 is 0 Å². The Morgan fingerprint density at radius 2 is 2.27 bits per heavy atom. The van der Waals surface area contributed by atoms with Crippen LogP contribution < -0.4 is 0 Å². The van der Waals surface area contributed by atoms with Crippen LogP contribution in [0.4, 0.5) is 0 Å². The van der Waals surface area contributed by atoms with Gasteiger partial charge in [-0.15, -0.1) is 0 Å². The van der Waals surface area contributed by atoms with Gasteiger partial charge >= 0.3 is 0 Å². The molecular weight excluding hydrogens is 192 g/mol. The largest absolute Gasteiger partial charge is 0.396 e. The Hall–Kier alpha value is -0.610. The van der Waals surface area contributed by atoms with Crippen LogP contribution in [-0.4, -0.2) is 61.2 Å². The molecule has 88 valence electrons. The van der Waals surface area contributed by atoms with Gasteiger partial charge in [-0.1, -0.05) is 0 Å². The van der Waals surface area contributed by atoms with Crippen molar-refractivity contribution in [3.63, 3.8) is 0 Å². The number of aliphatic hydroxyl groups excluding tert-OH is 1. The van der Waals surface area contributed by atoms with E-state index in [1.165, 1.54) is 0 Å². The van der Waals surface area contributed by atoms with Crippen molar-refractivity contribution in [1.82, 2.24) is 9.80 Å². The number of piperidine rings is 1. The summed E-state index contributed by atoms with van der Waals surface area (Å²) in [6.07, 6.45) is 2.85. The SMILES string of the molecule is CN(C)C(=O)CCN1CCCC(CO)C1. The van der Waals surface area contributed by atoms with Crippen LogP contribution in [0, 0.1) is 5.92 Å². The zero-order valence-corrected chi connectivity index (χ0v) is 9.78. The molecule has 0 radical (unpaired) electrons. The molecule has 1 fully saturated rings. The van der Waals surface area contributed by atoms with Gasteiger partial charge in [0.2, 0.25) is 5.91 Å². The van der Waals surface area contributed by atoms with Gasteiger partial charge in [0.05, 0.1) is 0 Å². The number of likely N-dealkylation sites (tertiary alicyclic amines) is 1. The van der Waals surface area contributed by atoms with Crippen LogP contribution in [0.1, 0.15) is 19.3 Å². The summed E-state index contributed by atoms with van der Waals surface area (Å²) in [7, 11) is 3.57. The minimum Gasteiger partial charge on any atom is -0.396 e. The molecule has 1 unspecified atom stereocenters. The third-order valence-corrected chi connectivity index (χ3v) is 3.00. The van der Waals surface area contributed by atoms with Gasteiger partial charge in [0.15, 0.2) is 0 Å². The van der Waals surface area contributed by atoms with Gasteiger partial charge in [0, 0.05) is 40.2 Å². The van der Waals surface area contributed by atoms with Gasteiger partial charge in [0.25, 0.3) is 0 Å². The van der Waals surface area contributed by atoms with Crippen molar-refractivity contribution in [2.75, 3.05) is 40.3 Å². The molecule has 1 amide bonds. The number of amides is 1. The summed E-state index contributed by atoms with van der Waals surface area (Å²) < 4.78 is 0. The Bertz CT molecular complexity index is 207. The summed E-state index contributed by atoms with van der Waals surface area (Å²) in [5.41, 5.74) is 0. The minimum atomic E-state index is 0.182. The van der Waals surface area contributed by atoms with E-state index in [1.54, 1.807) is 19.0 Å². The molecule has 1 aliphatic heterocycles. The van der Waals surface area contributed by atoms with E-state index in [2.05, 4.69) is 4.90 Å². The average molecular weight is 214 g/mol. The smallest absolute Gasteiger partial charge is 0.223 e. The van der Waals surface area contributed by atoms with Crippen LogP contribution in [0.3, 0.4) is 0 Å². The van der Waals surface area contributed by atoms with E-state index in [-0.39, 0.29) is 12.5 Å². The van der Waals surface area contributed by atoms with Crippen molar-refractivity contribution < 1.29 is 9.90 Å². The molecule has 0 bridgehead atoms. The van der Waals surface area contributed by atoms with E-state index in [0.29, 0.717) is 12.3 Å².